The fourth-order valence-electron chi connectivity index (χ4n) is 1.49. The van der Waals surface area contributed by atoms with Gasteiger partial charge in [-0.2, -0.15) is 4.99 Å². The average Bonchev–Trinajstić information content (AvgIpc) is 2.32. The number of nitrogens with two attached hydrogens (primary N) is 1. The minimum Gasteiger partial charge on any atom is -0.369 e. The molecule has 0 saturated heterocycles. The molecule has 0 fully saturated rings. The Kier molecular flexibility index (Phi) is 4.26. The number of nitrogens with one attached hydrogen (secondary N) is 2. The van der Waals surface area contributed by atoms with E-state index in [0.717, 1.165) is 0 Å². The third-order valence-corrected chi connectivity index (χ3v) is 2.84. The molecule has 104 valence electrons. The molecule has 1 aromatic carbocycles. The van der Waals surface area contributed by atoms with Crippen LogP contribution in [0.15, 0.2) is 34.1 Å². The Morgan fingerprint density at radius 2 is 2.15 bits per heavy atom. The zero-order valence-electron chi connectivity index (χ0n) is 10.4. The van der Waals surface area contributed by atoms with Gasteiger partial charge in [0.1, 0.15) is 0 Å². The topological polar surface area (TPSA) is 96.2 Å². The summed E-state index contributed by atoms with van der Waals surface area (Å²) >= 11 is 11.9. The van der Waals surface area contributed by atoms with Gasteiger partial charge in [0.05, 0.1) is 10.7 Å². The Bertz CT molecular complexity index is 726. The highest BCUT2D eigenvalue weighted by molar-refractivity contribution is 6.35. The maximum Gasteiger partial charge on any atom is 0.252 e. The zero-order valence-corrected chi connectivity index (χ0v) is 12.0. The van der Waals surface area contributed by atoms with Gasteiger partial charge in [0.2, 0.25) is 11.9 Å². The van der Waals surface area contributed by atoms with E-state index < -0.39 is 0 Å². The Morgan fingerprint density at radius 3 is 2.85 bits per heavy atom. The van der Waals surface area contributed by atoms with Crippen molar-refractivity contribution in [2.75, 3.05) is 5.32 Å². The number of aromatic nitrogens is 2. The maximum atomic E-state index is 11.3. The van der Waals surface area contributed by atoms with E-state index in [4.69, 9.17) is 28.9 Å². The number of rotatable bonds is 2. The van der Waals surface area contributed by atoms with Crippen molar-refractivity contribution in [2.45, 2.75) is 6.92 Å². The van der Waals surface area contributed by atoms with Crippen molar-refractivity contribution in [1.82, 2.24) is 9.97 Å². The number of benzene rings is 1. The van der Waals surface area contributed by atoms with E-state index in [1.807, 2.05) is 0 Å². The molecule has 4 N–H and O–H groups in total. The first-order valence-electron chi connectivity index (χ1n) is 5.58. The summed E-state index contributed by atoms with van der Waals surface area (Å²) in [5.41, 5.74) is 6.48. The summed E-state index contributed by atoms with van der Waals surface area (Å²) in [6.45, 7) is 1.69. The molecule has 0 spiro atoms. The molecule has 1 heterocycles. The van der Waals surface area contributed by atoms with Gasteiger partial charge in [-0.05, 0) is 25.1 Å². The first-order chi connectivity index (χ1) is 9.44. The smallest absolute Gasteiger partial charge is 0.252 e. The van der Waals surface area contributed by atoms with Gasteiger partial charge >= 0.3 is 0 Å². The van der Waals surface area contributed by atoms with Crippen molar-refractivity contribution in [3.8, 4) is 0 Å². The number of aryl methyl sites for hydroxylation is 1. The highest BCUT2D eigenvalue weighted by Crippen LogP contribution is 2.25. The Labute approximate surface area is 124 Å². The number of hydrogen-bond donors (Lipinski definition) is 3. The first-order valence-corrected chi connectivity index (χ1v) is 6.34. The van der Waals surface area contributed by atoms with Crippen LogP contribution >= 0.6 is 23.2 Å². The van der Waals surface area contributed by atoms with Crippen LogP contribution in [-0.2, 0) is 0 Å². The number of halogens is 2. The van der Waals surface area contributed by atoms with E-state index in [1.54, 1.807) is 25.1 Å². The molecule has 0 atom stereocenters. The van der Waals surface area contributed by atoms with E-state index >= 15 is 0 Å². The largest absolute Gasteiger partial charge is 0.369 e. The molecule has 0 amide bonds. The second-order valence-corrected chi connectivity index (χ2v) is 4.80. The molecular weight excluding hydrogens is 301 g/mol. The normalized spacial score (nSPS) is 11.4. The summed E-state index contributed by atoms with van der Waals surface area (Å²) in [5, 5.41) is 3.74. The van der Waals surface area contributed by atoms with E-state index in [-0.39, 0.29) is 17.5 Å². The average molecular weight is 312 g/mol. The number of guanidine groups is 1. The number of hydrogen-bond acceptors (Lipinski definition) is 3. The molecule has 1 aromatic heterocycles. The molecule has 0 aliphatic heterocycles. The predicted molar refractivity (Wildman–Crippen MR) is 81.0 cm³/mol. The fraction of sp³-hybridized carbons (Fsp3) is 0.0833. The van der Waals surface area contributed by atoms with E-state index in [0.29, 0.717) is 21.4 Å². The monoisotopic (exact) mass is 311 g/mol. The lowest BCUT2D eigenvalue weighted by Gasteiger charge is -2.07. The van der Waals surface area contributed by atoms with Crippen molar-refractivity contribution in [3.05, 3.63) is 50.4 Å². The molecule has 0 saturated carbocycles. The number of aliphatic imine (C=N–C) groups is 1. The summed E-state index contributed by atoms with van der Waals surface area (Å²) in [4.78, 5) is 21.7. The SMILES string of the molecule is Cc1cc(=O)[nH]c(/N=C(\N)Nc2cc(Cl)ccc2Cl)n1. The second kappa shape index (κ2) is 5.94. The molecule has 0 unspecified atom stereocenters. The standard InChI is InChI=1S/C12H11Cl2N5O/c1-6-4-10(20)18-12(16-6)19-11(15)17-9-5-7(13)2-3-8(9)14/h2-5H,1H3,(H4,15,16,17,18,19,20). The number of anilines is 1. The Balaban J connectivity index is 2.27. The van der Waals surface area contributed by atoms with Crippen LogP contribution in [0.5, 0.6) is 0 Å². The van der Waals surface area contributed by atoms with Crippen molar-refractivity contribution >= 4 is 40.8 Å². The summed E-state index contributed by atoms with van der Waals surface area (Å²) < 4.78 is 0. The van der Waals surface area contributed by atoms with Crippen molar-refractivity contribution < 1.29 is 0 Å². The van der Waals surface area contributed by atoms with E-state index in [9.17, 15) is 4.79 Å². The zero-order chi connectivity index (χ0) is 14.7. The summed E-state index contributed by atoms with van der Waals surface area (Å²) in [6.07, 6.45) is 0. The summed E-state index contributed by atoms with van der Waals surface area (Å²) in [7, 11) is 0. The van der Waals surface area contributed by atoms with Gasteiger partial charge in [0.15, 0.2) is 0 Å². The van der Waals surface area contributed by atoms with Gasteiger partial charge in [-0.25, -0.2) is 4.98 Å². The summed E-state index contributed by atoms with van der Waals surface area (Å²) in [6, 6.07) is 6.25. The number of H-pyrrole nitrogens is 1. The third-order valence-electron chi connectivity index (χ3n) is 2.27. The predicted octanol–water partition coefficient (Wildman–Crippen LogP) is 2.44. The van der Waals surface area contributed by atoms with Crippen LogP contribution in [-0.4, -0.2) is 15.9 Å². The fourth-order valence-corrected chi connectivity index (χ4v) is 1.83. The number of aromatic amines is 1. The van der Waals surface area contributed by atoms with Crippen LogP contribution in [0.4, 0.5) is 11.6 Å². The number of nitrogens with zero attached hydrogens (tertiary/aromatic N) is 2. The molecule has 0 aliphatic carbocycles. The van der Waals surface area contributed by atoms with Crippen molar-refractivity contribution in [2.24, 2.45) is 10.7 Å². The van der Waals surface area contributed by atoms with Gasteiger partial charge in [-0.1, -0.05) is 23.2 Å². The van der Waals surface area contributed by atoms with E-state index in [1.165, 1.54) is 6.07 Å². The molecule has 2 rings (SSSR count). The van der Waals surface area contributed by atoms with Gasteiger partial charge in [-0.3, -0.25) is 9.78 Å². The van der Waals surface area contributed by atoms with Crippen molar-refractivity contribution in [1.29, 1.82) is 0 Å². The second-order valence-electron chi connectivity index (χ2n) is 3.96. The van der Waals surface area contributed by atoms with Crippen molar-refractivity contribution in [3.63, 3.8) is 0 Å². The molecule has 20 heavy (non-hydrogen) atoms. The Hall–Kier alpha value is -2.05. The molecule has 0 aliphatic rings. The van der Waals surface area contributed by atoms with Crippen LogP contribution in [0.25, 0.3) is 0 Å². The summed E-state index contributed by atoms with van der Waals surface area (Å²) in [5.74, 6) is 0.140. The highest BCUT2D eigenvalue weighted by Gasteiger charge is 2.03. The van der Waals surface area contributed by atoms with Gasteiger partial charge in [-0.15, -0.1) is 0 Å². The molecular formula is C12H11Cl2N5O. The molecule has 0 bridgehead atoms. The first kappa shape index (κ1) is 14.4. The van der Waals surface area contributed by atoms with Crippen LogP contribution < -0.4 is 16.6 Å². The molecule has 0 radical (unpaired) electrons. The van der Waals surface area contributed by atoms with Gasteiger partial charge in [0.25, 0.3) is 5.56 Å². The maximum absolute atomic E-state index is 11.3. The lowest BCUT2D eigenvalue weighted by Crippen LogP contribution is -2.22. The highest BCUT2D eigenvalue weighted by atomic mass is 35.5. The van der Waals surface area contributed by atoms with Crippen LogP contribution in [0.2, 0.25) is 10.0 Å². The van der Waals surface area contributed by atoms with Crippen LogP contribution in [0.1, 0.15) is 5.69 Å². The van der Waals surface area contributed by atoms with Crippen LogP contribution in [0.3, 0.4) is 0 Å². The van der Waals surface area contributed by atoms with Crippen LogP contribution in [0, 0.1) is 6.92 Å². The molecule has 2 aromatic rings. The lowest BCUT2D eigenvalue weighted by atomic mass is 10.3. The van der Waals surface area contributed by atoms with E-state index in [2.05, 4.69) is 20.3 Å². The quantitative estimate of drug-likeness (QED) is 0.586. The minimum absolute atomic E-state index is 0.0305. The third kappa shape index (κ3) is 3.72. The molecule has 6 nitrogen and oxygen atoms in total. The molecule has 8 heteroatoms. The minimum atomic E-state index is -0.301. The van der Waals surface area contributed by atoms with Gasteiger partial charge < -0.3 is 11.1 Å². The lowest BCUT2D eigenvalue weighted by molar-refractivity contribution is 1.05. The van der Waals surface area contributed by atoms with Gasteiger partial charge in [0, 0.05) is 16.8 Å². The Morgan fingerprint density at radius 1 is 1.40 bits per heavy atom.